The van der Waals surface area contributed by atoms with Crippen LogP contribution in [-0.4, -0.2) is 10.2 Å². The highest BCUT2D eigenvalue weighted by atomic mass is 15.1. The van der Waals surface area contributed by atoms with Crippen LogP contribution in [0.25, 0.3) is 0 Å². The fourth-order valence-electron chi connectivity index (χ4n) is 0.712. The van der Waals surface area contributed by atoms with E-state index in [1.165, 1.54) is 0 Å². The highest BCUT2D eigenvalue weighted by Gasteiger charge is 1.85. The van der Waals surface area contributed by atoms with E-state index in [1.54, 1.807) is 12.4 Å². The van der Waals surface area contributed by atoms with Gasteiger partial charge in [-0.15, -0.1) is 5.92 Å². The van der Waals surface area contributed by atoms with Gasteiger partial charge in [0.05, 0.1) is 6.20 Å². The number of hydrogen-bond donors (Lipinski definition) is 0. The van der Waals surface area contributed by atoms with Crippen LogP contribution >= 0.6 is 0 Å². The highest BCUT2D eigenvalue weighted by molar-refractivity contribution is 5.15. The number of hydrogen-bond acceptors (Lipinski definition) is 2. The van der Waals surface area contributed by atoms with Crippen molar-refractivity contribution in [2.75, 3.05) is 0 Å². The molecular weight excluding hydrogens is 136 g/mol. The van der Waals surface area contributed by atoms with Crippen LogP contribution in [0.15, 0.2) is 18.5 Å². The first-order valence-electron chi connectivity index (χ1n) is 3.64. The third kappa shape index (κ3) is 2.81. The summed E-state index contributed by atoms with van der Waals surface area (Å²) in [5.41, 5.74) is 1.13. The van der Waals surface area contributed by atoms with Crippen LogP contribution in [0, 0.1) is 11.8 Å². The summed E-state index contributed by atoms with van der Waals surface area (Å²) in [5.74, 6) is 6.03. The van der Waals surface area contributed by atoms with Crippen molar-refractivity contribution in [3.8, 4) is 11.8 Å². The minimum Gasteiger partial charge on any atom is -0.159 e. The van der Waals surface area contributed by atoms with E-state index in [0.29, 0.717) is 0 Å². The Morgan fingerprint density at radius 3 is 2.91 bits per heavy atom. The summed E-state index contributed by atoms with van der Waals surface area (Å²) in [7, 11) is 0. The zero-order valence-corrected chi connectivity index (χ0v) is 6.54. The molecule has 0 N–H and O–H groups in total. The molecule has 1 rings (SSSR count). The Bertz CT molecular complexity index is 256. The van der Waals surface area contributed by atoms with Crippen molar-refractivity contribution in [3.05, 3.63) is 24.0 Å². The van der Waals surface area contributed by atoms with Gasteiger partial charge in [0, 0.05) is 19.0 Å². The Kier molecular flexibility index (Phi) is 3.14. The number of rotatable bonds is 1. The standard InChI is InChI=1S/C9H10N2/c1-2-3-4-5-9-6-7-10-11-8-9/h6-8H,2,5H2,1H3. The Labute approximate surface area is 66.7 Å². The van der Waals surface area contributed by atoms with Gasteiger partial charge < -0.3 is 0 Å². The van der Waals surface area contributed by atoms with E-state index >= 15 is 0 Å². The van der Waals surface area contributed by atoms with Crippen LogP contribution in [0.1, 0.15) is 18.9 Å². The minimum absolute atomic E-state index is 0.781. The minimum atomic E-state index is 0.781. The van der Waals surface area contributed by atoms with E-state index in [0.717, 1.165) is 18.4 Å². The van der Waals surface area contributed by atoms with Crippen LogP contribution < -0.4 is 0 Å². The van der Waals surface area contributed by atoms with E-state index in [1.807, 2.05) is 13.0 Å². The first-order valence-corrected chi connectivity index (χ1v) is 3.64. The smallest absolute Gasteiger partial charge is 0.0537 e. The molecule has 1 heterocycles. The lowest BCUT2D eigenvalue weighted by atomic mass is 10.2. The second kappa shape index (κ2) is 4.45. The van der Waals surface area contributed by atoms with Crippen LogP contribution in [-0.2, 0) is 6.42 Å². The predicted octanol–water partition coefficient (Wildman–Crippen LogP) is 1.43. The van der Waals surface area contributed by atoms with E-state index in [9.17, 15) is 0 Å². The maximum atomic E-state index is 3.75. The number of nitrogens with zero attached hydrogens (tertiary/aromatic N) is 2. The average Bonchev–Trinajstić information content (AvgIpc) is 2.07. The summed E-state index contributed by atoms with van der Waals surface area (Å²) in [6, 6.07) is 1.93. The topological polar surface area (TPSA) is 25.8 Å². The number of aromatic nitrogens is 2. The van der Waals surface area contributed by atoms with E-state index < -0.39 is 0 Å². The molecular formula is C9H10N2. The molecule has 0 saturated heterocycles. The molecule has 0 atom stereocenters. The van der Waals surface area contributed by atoms with Crippen molar-refractivity contribution in [2.24, 2.45) is 0 Å². The second-order valence-electron chi connectivity index (χ2n) is 2.13. The van der Waals surface area contributed by atoms with Gasteiger partial charge in [-0.25, -0.2) is 0 Å². The summed E-state index contributed by atoms with van der Waals surface area (Å²) in [6.07, 6.45) is 5.12. The molecule has 0 unspecified atom stereocenters. The Morgan fingerprint density at radius 2 is 2.27 bits per heavy atom. The fraction of sp³-hybridized carbons (Fsp3) is 0.333. The van der Waals surface area contributed by atoms with Gasteiger partial charge >= 0.3 is 0 Å². The highest BCUT2D eigenvalue weighted by Crippen LogP contribution is 1.93. The SMILES string of the molecule is CCC#CCc1ccnnc1. The van der Waals surface area contributed by atoms with E-state index in [2.05, 4.69) is 22.0 Å². The molecule has 0 aliphatic rings. The normalized spacial score (nSPS) is 8.45. The summed E-state index contributed by atoms with van der Waals surface area (Å²) in [4.78, 5) is 0. The zero-order valence-electron chi connectivity index (χ0n) is 6.54. The summed E-state index contributed by atoms with van der Waals surface area (Å²) >= 11 is 0. The van der Waals surface area contributed by atoms with Crippen LogP contribution in [0.2, 0.25) is 0 Å². The van der Waals surface area contributed by atoms with Crippen molar-refractivity contribution in [2.45, 2.75) is 19.8 Å². The molecule has 0 saturated carbocycles. The maximum absolute atomic E-state index is 3.75. The van der Waals surface area contributed by atoms with Gasteiger partial charge in [-0.2, -0.15) is 10.2 Å². The molecule has 0 radical (unpaired) electrons. The fourth-order valence-corrected chi connectivity index (χ4v) is 0.712. The molecule has 0 aliphatic carbocycles. The van der Waals surface area contributed by atoms with Gasteiger partial charge in [-0.3, -0.25) is 0 Å². The van der Waals surface area contributed by atoms with Crippen molar-refractivity contribution in [1.29, 1.82) is 0 Å². The monoisotopic (exact) mass is 146 g/mol. The molecule has 11 heavy (non-hydrogen) atoms. The molecule has 0 fully saturated rings. The first-order chi connectivity index (χ1) is 5.43. The average molecular weight is 146 g/mol. The van der Waals surface area contributed by atoms with E-state index in [-0.39, 0.29) is 0 Å². The third-order valence-corrected chi connectivity index (χ3v) is 1.24. The van der Waals surface area contributed by atoms with Crippen molar-refractivity contribution >= 4 is 0 Å². The van der Waals surface area contributed by atoms with Gasteiger partial charge in [0.2, 0.25) is 0 Å². The Balaban J connectivity index is 2.52. The molecule has 2 nitrogen and oxygen atoms in total. The van der Waals surface area contributed by atoms with Crippen molar-refractivity contribution in [3.63, 3.8) is 0 Å². The van der Waals surface area contributed by atoms with Crippen LogP contribution in [0.5, 0.6) is 0 Å². The largest absolute Gasteiger partial charge is 0.159 e. The molecule has 1 aromatic heterocycles. The van der Waals surface area contributed by atoms with E-state index in [4.69, 9.17) is 0 Å². The molecule has 0 aromatic carbocycles. The molecule has 0 aliphatic heterocycles. The zero-order chi connectivity index (χ0) is 7.94. The quantitative estimate of drug-likeness (QED) is 0.560. The lowest BCUT2D eigenvalue weighted by Crippen LogP contribution is -1.84. The summed E-state index contributed by atoms with van der Waals surface area (Å²) in [6.45, 7) is 2.04. The van der Waals surface area contributed by atoms with Gasteiger partial charge in [0.15, 0.2) is 0 Å². The lowest BCUT2D eigenvalue weighted by Gasteiger charge is -1.88. The van der Waals surface area contributed by atoms with Gasteiger partial charge in [-0.05, 0) is 11.6 Å². The maximum Gasteiger partial charge on any atom is 0.0537 e. The molecule has 0 spiro atoms. The Hall–Kier alpha value is -1.36. The second-order valence-corrected chi connectivity index (χ2v) is 2.13. The van der Waals surface area contributed by atoms with Crippen LogP contribution in [0.4, 0.5) is 0 Å². The summed E-state index contributed by atoms with van der Waals surface area (Å²) < 4.78 is 0. The molecule has 0 amide bonds. The third-order valence-electron chi connectivity index (χ3n) is 1.24. The van der Waals surface area contributed by atoms with Gasteiger partial charge in [0.25, 0.3) is 0 Å². The van der Waals surface area contributed by atoms with Crippen LogP contribution in [0.3, 0.4) is 0 Å². The molecule has 2 heteroatoms. The summed E-state index contributed by atoms with van der Waals surface area (Å²) in [5, 5.41) is 7.42. The van der Waals surface area contributed by atoms with Crippen molar-refractivity contribution < 1.29 is 0 Å². The lowest BCUT2D eigenvalue weighted by molar-refractivity contribution is 1.00. The van der Waals surface area contributed by atoms with Gasteiger partial charge in [-0.1, -0.05) is 12.8 Å². The van der Waals surface area contributed by atoms with Gasteiger partial charge in [0.1, 0.15) is 0 Å². The Morgan fingerprint density at radius 1 is 1.36 bits per heavy atom. The predicted molar refractivity (Wildman–Crippen MR) is 43.8 cm³/mol. The first kappa shape index (κ1) is 7.74. The van der Waals surface area contributed by atoms with Crippen molar-refractivity contribution in [1.82, 2.24) is 10.2 Å². The molecule has 56 valence electrons. The molecule has 1 aromatic rings. The molecule has 0 bridgehead atoms.